The molecule has 1 aliphatic heterocycles. The lowest BCUT2D eigenvalue weighted by molar-refractivity contribution is 0.100. The number of amides is 1. The molecule has 0 saturated carbocycles. The Labute approximate surface area is 117 Å². The summed E-state index contributed by atoms with van der Waals surface area (Å²) in [6, 6.07) is 7.81. The minimum Gasteiger partial charge on any atom is -0.493 e. The van der Waals surface area contributed by atoms with E-state index in [9.17, 15) is 4.79 Å². The van der Waals surface area contributed by atoms with E-state index in [-0.39, 0.29) is 5.91 Å². The summed E-state index contributed by atoms with van der Waals surface area (Å²) in [5.74, 6) is 0.480. The molecule has 1 aromatic carbocycles. The van der Waals surface area contributed by atoms with Crippen molar-refractivity contribution >= 4 is 33.2 Å². The second kappa shape index (κ2) is 4.40. The number of halogens is 1. The average Bonchev–Trinajstić information content (AvgIpc) is 2.67. The number of primary amides is 1. The monoisotopic (exact) mass is 323 g/mol. The number of rotatable bonds is 1. The Morgan fingerprint density at radius 1 is 1.39 bits per heavy atom. The zero-order valence-corrected chi connectivity index (χ0v) is 11.8. The van der Waals surface area contributed by atoms with E-state index in [0.717, 1.165) is 32.6 Å². The lowest BCUT2D eigenvalue weighted by Gasteiger charge is -2.07. The van der Waals surface area contributed by atoms with E-state index in [0.29, 0.717) is 11.5 Å². The van der Waals surface area contributed by atoms with Gasteiger partial charge >= 0.3 is 0 Å². The molecule has 0 spiro atoms. The number of hydrogen-bond acceptors (Lipinski definition) is 3. The third-order valence-electron chi connectivity index (χ3n) is 2.87. The van der Waals surface area contributed by atoms with E-state index in [1.165, 1.54) is 11.3 Å². The van der Waals surface area contributed by atoms with E-state index < -0.39 is 0 Å². The molecule has 0 atom stereocenters. The maximum Gasteiger partial charge on any atom is 0.258 e. The fourth-order valence-corrected chi connectivity index (χ4v) is 3.47. The van der Waals surface area contributed by atoms with Gasteiger partial charge in [-0.25, -0.2) is 0 Å². The van der Waals surface area contributed by atoms with Crippen LogP contribution in [0.1, 0.15) is 15.2 Å². The summed E-state index contributed by atoms with van der Waals surface area (Å²) in [5, 5.41) is 0. The molecular weight excluding hydrogens is 314 g/mol. The first kappa shape index (κ1) is 11.7. The summed E-state index contributed by atoms with van der Waals surface area (Å²) in [4.78, 5) is 13.0. The number of nitrogens with two attached hydrogens (primary N) is 1. The molecule has 0 aliphatic carbocycles. The fraction of sp³-hybridized carbons (Fsp3) is 0.154. The van der Waals surface area contributed by atoms with Crippen LogP contribution in [0.3, 0.4) is 0 Å². The summed E-state index contributed by atoms with van der Waals surface area (Å²) in [6.07, 6.45) is 0.797. The molecule has 3 rings (SSSR count). The van der Waals surface area contributed by atoms with Crippen molar-refractivity contribution in [3.05, 3.63) is 39.2 Å². The van der Waals surface area contributed by atoms with Crippen molar-refractivity contribution in [2.24, 2.45) is 5.73 Å². The van der Waals surface area contributed by atoms with Crippen LogP contribution in [0.15, 0.2) is 28.7 Å². The molecule has 92 valence electrons. The average molecular weight is 324 g/mol. The first-order valence-electron chi connectivity index (χ1n) is 5.50. The van der Waals surface area contributed by atoms with Gasteiger partial charge in [-0.3, -0.25) is 4.79 Å². The number of carbonyl (C=O) groups is 1. The Hall–Kier alpha value is -1.33. The molecule has 2 heterocycles. The molecule has 0 fully saturated rings. The van der Waals surface area contributed by atoms with Gasteiger partial charge in [-0.1, -0.05) is 15.9 Å². The SMILES string of the molecule is NC(=O)c1cc2c(s1)-c1ccc(Br)cc1OCC2. The maximum atomic E-state index is 11.3. The van der Waals surface area contributed by atoms with Gasteiger partial charge in [0.15, 0.2) is 0 Å². The van der Waals surface area contributed by atoms with Crippen molar-refractivity contribution in [1.29, 1.82) is 0 Å². The van der Waals surface area contributed by atoms with Crippen molar-refractivity contribution in [1.82, 2.24) is 0 Å². The van der Waals surface area contributed by atoms with E-state index in [2.05, 4.69) is 15.9 Å². The second-order valence-electron chi connectivity index (χ2n) is 4.07. The van der Waals surface area contributed by atoms with Gasteiger partial charge < -0.3 is 10.5 Å². The lowest BCUT2D eigenvalue weighted by atomic mass is 10.1. The van der Waals surface area contributed by atoms with Gasteiger partial charge in [-0.05, 0) is 29.8 Å². The van der Waals surface area contributed by atoms with Crippen LogP contribution in [-0.4, -0.2) is 12.5 Å². The Balaban J connectivity index is 2.20. The van der Waals surface area contributed by atoms with E-state index >= 15 is 0 Å². The van der Waals surface area contributed by atoms with Crippen molar-refractivity contribution < 1.29 is 9.53 Å². The highest BCUT2D eigenvalue weighted by atomic mass is 79.9. The lowest BCUT2D eigenvalue weighted by Crippen LogP contribution is -2.08. The Kier molecular flexibility index (Phi) is 2.87. The molecule has 1 amide bonds. The number of benzene rings is 1. The molecule has 1 aromatic heterocycles. The maximum absolute atomic E-state index is 11.3. The van der Waals surface area contributed by atoms with Gasteiger partial charge in [-0.15, -0.1) is 11.3 Å². The molecule has 0 saturated heterocycles. The predicted molar refractivity (Wildman–Crippen MR) is 75.2 cm³/mol. The van der Waals surface area contributed by atoms with Gasteiger partial charge in [0.25, 0.3) is 5.91 Å². The zero-order chi connectivity index (χ0) is 12.7. The molecule has 3 nitrogen and oxygen atoms in total. The van der Waals surface area contributed by atoms with Crippen molar-refractivity contribution in [3.8, 4) is 16.2 Å². The van der Waals surface area contributed by atoms with Crippen LogP contribution in [0, 0.1) is 0 Å². The normalized spacial score (nSPS) is 13.2. The Morgan fingerprint density at radius 2 is 2.22 bits per heavy atom. The molecule has 1 aliphatic rings. The Morgan fingerprint density at radius 3 is 3.00 bits per heavy atom. The number of thiophene rings is 1. The topological polar surface area (TPSA) is 52.3 Å². The zero-order valence-electron chi connectivity index (χ0n) is 9.40. The highest BCUT2D eigenvalue weighted by molar-refractivity contribution is 9.10. The quantitative estimate of drug-likeness (QED) is 0.876. The number of carbonyl (C=O) groups excluding carboxylic acids is 1. The Bertz CT molecular complexity index is 636. The van der Waals surface area contributed by atoms with Crippen LogP contribution in [0.25, 0.3) is 10.4 Å². The highest BCUT2D eigenvalue weighted by Gasteiger charge is 2.20. The number of hydrogen-bond donors (Lipinski definition) is 1. The van der Waals surface area contributed by atoms with Gasteiger partial charge in [0.05, 0.1) is 11.5 Å². The molecule has 2 aromatic rings. The number of ether oxygens (including phenoxy) is 1. The van der Waals surface area contributed by atoms with Crippen LogP contribution < -0.4 is 10.5 Å². The van der Waals surface area contributed by atoms with E-state index in [1.54, 1.807) is 0 Å². The van der Waals surface area contributed by atoms with E-state index in [4.69, 9.17) is 10.5 Å². The van der Waals surface area contributed by atoms with Crippen molar-refractivity contribution in [2.75, 3.05) is 6.61 Å². The third-order valence-corrected chi connectivity index (χ3v) is 4.59. The van der Waals surface area contributed by atoms with E-state index in [1.807, 2.05) is 24.3 Å². The smallest absolute Gasteiger partial charge is 0.258 e. The molecule has 0 radical (unpaired) electrons. The van der Waals surface area contributed by atoms with Gasteiger partial charge in [-0.2, -0.15) is 0 Å². The van der Waals surface area contributed by atoms with Gasteiger partial charge in [0.2, 0.25) is 0 Å². The molecular formula is C13H10BrNO2S. The highest BCUT2D eigenvalue weighted by Crippen LogP contribution is 2.41. The summed E-state index contributed by atoms with van der Waals surface area (Å²) >= 11 is 4.87. The summed E-state index contributed by atoms with van der Waals surface area (Å²) in [7, 11) is 0. The molecule has 2 N–H and O–H groups in total. The predicted octanol–water partition coefficient (Wildman–Crippen LogP) is 3.21. The minimum atomic E-state index is -0.368. The third kappa shape index (κ3) is 1.93. The molecule has 0 unspecified atom stereocenters. The van der Waals surface area contributed by atoms with Gasteiger partial charge in [0, 0.05) is 21.3 Å². The van der Waals surface area contributed by atoms with Crippen molar-refractivity contribution in [3.63, 3.8) is 0 Å². The second-order valence-corrected chi connectivity index (χ2v) is 6.04. The summed E-state index contributed by atoms with van der Waals surface area (Å²) in [5.41, 5.74) is 7.51. The molecule has 5 heteroatoms. The van der Waals surface area contributed by atoms with Crippen LogP contribution in [-0.2, 0) is 6.42 Å². The molecule has 18 heavy (non-hydrogen) atoms. The largest absolute Gasteiger partial charge is 0.493 e. The van der Waals surface area contributed by atoms with Gasteiger partial charge in [0.1, 0.15) is 5.75 Å². The first-order chi connectivity index (χ1) is 8.65. The van der Waals surface area contributed by atoms with Crippen LogP contribution in [0.4, 0.5) is 0 Å². The first-order valence-corrected chi connectivity index (χ1v) is 7.11. The molecule has 0 bridgehead atoms. The van der Waals surface area contributed by atoms with Crippen LogP contribution in [0.5, 0.6) is 5.75 Å². The minimum absolute atomic E-state index is 0.368. The van der Waals surface area contributed by atoms with Crippen molar-refractivity contribution in [2.45, 2.75) is 6.42 Å². The summed E-state index contributed by atoms with van der Waals surface area (Å²) in [6.45, 7) is 0.616. The fourth-order valence-electron chi connectivity index (χ4n) is 2.04. The van der Waals surface area contributed by atoms with Crippen LogP contribution in [0.2, 0.25) is 0 Å². The summed E-state index contributed by atoms with van der Waals surface area (Å²) < 4.78 is 6.71. The standard InChI is InChI=1S/C13H10BrNO2S/c14-8-1-2-9-10(6-8)17-4-3-7-5-11(13(15)16)18-12(7)9/h1-2,5-6H,3-4H2,(H2,15,16). The van der Waals surface area contributed by atoms with Crippen LogP contribution >= 0.6 is 27.3 Å². The number of fused-ring (bicyclic) bond motifs is 3.